The summed E-state index contributed by atoms with van der Waals surface area (Å²) < 4.78 is 0. The van der Waals surface area contributed by atoms with E-state index in [1.54, 1.807) is 6.92 Å². The molecule has 1 fully saturated rings. The Morgan fingerprint density at radius 1 is 1.27 bits per heavy atom. The molecule has 3 N–H and O–H groups in total. The molecule has 0 aromatic heterocycles. The maximum Gasteiger partial charge on any atom is 0.334 e. The monoisotopic (exact) mass is 404 g/mol. The van der Waals surface area contributed by atoms with Crippen molar-refractivity contribution in [3.63, 3.8) is 0 Å². The van der Waals surface area contributed by atoms with Gasteiger partial charge >= 0.3 is 5.97 Å². The lowest BCUT2D eigenvalue weighted by molar-refractivity contribution is -0.197. The molecule has 0 aromatic rings. The number of carbonyl (C=O) groups is 4. The fraction of sp³-hybridized carbons (Fsp3) is 0.667. The molecule has 1 aliphatic heterocycles. The Kier molecular flexibility index (Phi) is 9.66. The Morgan fingerprint density at radius 3 is 2.50 bits per heavy atom. The lowest BCUT2D eigenvalue weighted by Crippen LogP contribution is -2.36. The van der Waals surface area contributed by atoms with Crippen LogP contribution in [0.2, 0.25) is 0 Å². The van der Waals surface area contributed by atoms with Gasteiger partial charge in [-0.25, -0.2) is 4.79 Å². The van der Waals surface area contributed by atoms with Gasteiger partial charge in [0, 0.05) is 37.3 Å². The molecular weight excluding hydrogens is 380 g/mol. The maximum atomic E-state index is 11.6. The van der Waals surface area contributed by atoms with E-state index in [1.807, 2.05) is 0 Å². The lowest BCUT2D eigenvalue weighted by Gasteiger charge is -2.18. The first-order valence-electron chi connectivity index (χ1n) is 8.09. The standard InChI is InChI=1S/C15H24N4O5S2/c1-15(16,17-2)7-5-11(20)18-8-10-26-25-9-6-14(23)24-19-12(21)3-4-13(19)22/h2-10,16H2,1H3,(H,18,20). The molecular formula is C15H24N4O5S2. The number of hydrogen-bond acceptors (Lipinski definition) is 9. The molecule has 3 amide bonds. The number of hydroxylamine groups is 2. The van der Waals surface area contributed by atoms with Crippen molar-refractivity contribution >= 4 is 52.0 Å². The number of aliphatic imine (C=N–C) groups is 1. The predicted molar refractivity (Wildman–Crippen MR) is 101 cm³/mol. The molecule has 1 unspecified atom stereocenters. The van der Waals surface area contributed by atoms with Crippen LogP contribution in [0.1, 0.15) is 39.0 Å². The molecule has 1 saturated heterocycles. The molecule has 1 aliphatic rings. The van der Waals surface area contributed by atoms with Gasteiger partial charge in [-0.2, -0.15) is 0 Å². The molecule has 11 heteroatoms. The lowest BCUT2D eigenvalue weighted by atomic mass is 10.1. The second-order valence-corrected chi connectivity index (χ2v) is 8.51. The minimum Gasteiger partial charge on any atom is -0.355 e. The molecule has 0 radical (unpaired) electrons. The van der Waals surface area contributed by atoms with Gasteiger partial charge in [0.15, 0.2) is 0 Å². The van der Waals surface area contributed by atoms with Gasteiger partial charge in [-0.05, 0) is 20.1 Å². The van der Waals surface area contributed by atoms with Gasteiger partial charge < -0.3 is 15.9 Å². The van der Waals surface area contributed by atoms with Gasteiger partial charge in [-0.1, -0.05) is 21.6 Å². The van der Waals surface area contributed by atoms with Crippen LogP contribution in [0.25, 0.3) is 0 Å². The summed E-state index contributed by atoms with van der Waals surface area (Å²) in [6, 6.07) is 0. The van der Waals surface area contributed by atoms with E-state index in [2.05, 4.69) is 17.0 Å². The van der Waals surface area contributed by atoms with Gasteiger partial charge in [0.2, 0.25) is 5.91 Å². The molecule has 0 saturated carbocycles. The Hall–Kier alpha value is -1.59. The Bertz CT molecular complexity index is 540. The number of imide groups is 1. The number of hydrogen-bond donors (Lipinski definition) is 2. The Morgan fingerprint density at radius 2 is 1.88 bits per heavy atom. The van der Waals surface area contributed by atoms with Crippen LogP contribution in [-0.2, 0) is 24.0 Å². The third-order valence-corrected chi connectivity index (χ3v) is 5.81. The minimum atomic E-state index is -0.791. The van der Waals surface area contributed by atoms with E-state index < -0.39 is 23.4 Å². The first-order valence-corrected chi connectivity index (χ1v) is 10.6. The van der Waals surface area contributed by atoms with Crippen molar-refractivity contribution < 1.29 is 24.0 Å². The highest BCUT2D eigenvalue weighted by atomic mass is 33.1. The molecule has 0 bridgehead atoms. The van der Waals surface area contributed by atoms with Crippen molar-refractivity contribution in [2.75, 3.05) is 18.1 Å². The first-order chi connectivity index (χ1) is 12.2. The van der Waals surface area contributed by atoms with E-state index in [-0.39, 0.29) is 31.6 Å². The average molecular weight is 405 g/mol. The summed E-state index contributed by atoms with van der Waals surface area (Å²) in [5.74, 6) is -0.534. The third-order valence-electron chi connectivity index (χ3n) is 3.40. The number of amides is 3. The zero-order valence-corrected chi connectivity index (χ0v) is 16.3. The Labute approximate surface area is 160 Å². The molecule has 1 atom stereocenters. The van der Waals surface area contributed by atoms with Crippen molar-refractivity contribution in [3.8, 4) is 0 Å². The van der Waals surface area contributed by atoms with Crippen LogP contribution in [0.3, 0.4) is 0 Å². The van der Waals surface area contributed by atoms with Crippen LogP contribution < -0.4 is 11.1 Å². The van der Waals surface area contributed by atoms with Crippen LogP contribution in [0.4, 0.5) is 0 Å². The average Bonchev–Trinajstić information content (AvgIpc) is 2.91. The summed E-state index contributed by atoms with van der Waals surface area (Å²) in [6.45, 7) is 5.59. The highest BCUT2D eigenvalue weighted by molar-refractivity contribution is 8.76. The normalized spacial score (nSPS) is 16.3. The van der Waals surface area contributed by atoms with Crippen molar-refractivity contribution in [3.05, 3.63) is 0 Å². The zero-order chi connectivity index (χ0) is 19.6. The molecule has 1 heterocycles. The second kappa shape index (κ2) is 11.2. The van der Waals surface area contributed by atoms with E-state index in [9.17, 15) is 19.2 Å². The van der Waals surface area contributed by atoms with Crippen LogP contribution in [-0.4, -0.2) is 59.2 Å². The van der Waals surface area contributed by atoms with E-state index in [1.165, 1.54) is 21.6 Å². The van der Waals surface area contributed by atoms with Crippen LogP contribution >= 0.6 is 21.6 Å². The van der Waals surface area contributed by atoms with Crippen molar-refractivity contribution in [2.45, 2.75) is 44.7 Å². The number of nitrogens with zero attached hydrogens (tertiary/aromatic N) is 2. The summed E-state index contributed by atoms with van der Waals surface area (Å²) in [7, 11) is 2.95. The summed E-state index contributed by atoms with van der Waals surface area (Å²) in [5.41, 5.74) is 4.98. The van der Waals surface area contributed by atoms with Crippen LogP contribution in [0.5, 0.6) is 0 Å². The molecule has 0 aliphatic carbocycles. The fourth-order valence-corrected chi connectivity index (χ4v) is 3.69. The van der Waals surface area contributed by atoms with Crippen molar-refractivity contribution in [2.24, 2.45) is 10.7 Å². The van der Waals surface area contributed by atoms with Gasteiger partial charge in [-0.3, -0.25) is 19.4 Å². The number of rotatable bonds is 12. The smallest absolute Gasteiger partial charge is 0.334 e. The largest absolute Gasteiger partial charge is 0.355 e. The van der Waals surface area contributed by atoms with Crippen LogP contribution in [0, 0.1) is 0 Å². The number of nitrogens with two attached hydrogens (primary N) is 1. The van der Waals surface area contributed by atoms with E-state index >= 15 is 0 Å². The van der Waals surface area contributed by atoms with E-state index in [4.69, 9.17) is 10.6 Å². The van der Waals surface area contributed by atoms with Gasteiger partial charge in [0.1, 0.15) is 5.66 Å². The SMILES string of the molecule is C=NC(C)(N)CCC(=O)NCCSSCCC(=O)ON1C(=O)CCC1=O. The summed E-state index contributed by atoms with van der Waals surface area (Å²) in [4.78, 5) is 54.3. The molecule has 0 spiro atoms. The van der Waals surface area contributed by atoms with Gasteiger partial charge in [0.25, 0.3) is 11.8 Å². The molecule has 26 heavy (non-hydrogen) atoms. The topological polar surface area (TPSA) is 131 Å². The fourth-order valence-electron chi connectivity index (χ4n) is 1.81. The van der Waals surface area contributed by atoms with E-state index in [0.29, 0.717) is 29.5 Å². The quantitative estimate of drug-likeness (QED) is 0.210. The summed E-state index contributed by atoms with van der Waals surface area (Å²) in [6.07, 6.45) is 0.955. The zero-order valence-electron chi connectivity index (χ0n) is 14.7. The van der Waals surface area contributed by atoms with Crippen molar-refractivity contribution in [1.82, 2.24) is 10.4 Å². The summed E-state index contributed by atoms with van der Waals surface area (Å²) in [5, 5.41) is 3.32. The van der Waals surface area contributed by atoms with Crippen molar-refractivity contribution in [1.29, 1.82) is 0 Å². The highest BCUT2D eigenvalue weighted by Gasteiger charge is 2.32. The predicted octanol–water partition coefficient (Wildman–Crippen LogP) is 0.637. The summed E-state index contributed by atoms with van der Waals surface area (Å²) >= 11 is 0. The molecule has 146 valence electrons. The number of carbonyl (C=O) groups excluding carboxylic acids is 4. The molecule has 0 aromatic carbocycles. The minimum absolute atomic E-state index is 0.0804. The Balaban J connectivity index is 2.01. The first kappa shape index (κ1) is 22.5. The maximum absolute atomic E-state index is 11.6. The van der Waals surface area contributed by atoms with E-state index in [0.717, 1.165) is 0 Å². The van der Waals surface area contributed by atoms with Crippen LogP contribution in [0.15, 0.2) is 4.99 Å². The highest BCUT2D eigenvalue weighted by Crippen LogP contribution is 2.22. The third kappa shape index (κ3) is 8.68. The van der Waals surface area contributed by atoms with Gasteiger partial charge in [-0.15, -0.1) is 5.06 Å². The molecule has 9 nitrogen and oxygen atoms in total. The number of nitrogens with one attached hydrogen (secondary N) is 1. The second-order valence-electron chi connectivity index (χ2n) is 5.80. The molecule has 1 rings (SSSR count). The van der Waals surface area contributed by atoms with Gasteiger partial charge in [0.05, 0.1) is 6.42 Å².